The number of H-pyrrole nitrogens is 2. The molecular weight excluding hydrogens is 636 g/mol. The van der Waals surface area contributed by atoms with Gasteiger partial charge in [-0.05, 0) is 54.5 Å². The first-order valence-corrected chi connectivity index (χ1v) is 14.1. The second kappa shape index (κ2) is 13.6. The van der Waals surface area contributed by atoms with Crippen molar-refractivity contribution in [1.29, 1.82) is 0 Å². The third kappa shape index (κ3) is 7.42. The van der Waals surface area contributed by atoms with Crippen LogP contribution in [0, 0.1) is 23.7 Å². The normalized spacial score (nSPS) is 10.5. The quantitative estimate of drug-likeness (QED) is 0.122. The van der Waals surface area contributed by atoms with Crippen LogP contribution >= 0.6 is 0 Å². The van der Waals surface area contributed by atoms with E-state index < -0.39 is 17.8 Å². The molecule has 0 aliphatic rings. The van der Waals surface area contributed by atoms with Gasteiger partial charge in [0.05, 0.1) is 11.4 Å². The summed E-state index contributed by atoms with van der Waals surface area (Å²) in [6.07, 6.45) is -0.292. The molecule has 0 saturated heterocycles. The van der Waals surface area contributed by atoms with Crippen molar-refractivity contribution in [3.05, 3.63) is 133 Å². The maximum absolute atomic E-state index is 12.3. The molecule has 4 aromatic heterocycles. The molecule has 0 amide bonds. The molecule has 0 aliphatic carbocycles. The van der Waals surface area contributed by atoms with Gasteiger partial charge >= 0.3 is 5.97 Å². The monoisotopic (exact) mass is 658 g/mol. The van der Waals surface area contributed by atoms with Gasteiger partial charge in [-0.25, -0.2) is 9.48 Å². The number of carboxylic acids is 1. The first-order chi connectivity index (χ1) is 23.6. The molecule has 49 heavy (non-hydrogen) atoms. The average molecular weight is 659 g/mol. The van der Waals surface area contributed by atoms with E-state index in [-0.39, 0.29) is 40.2 Å². The van der Waals surface area contributed by atoms with Crippen LogP contribution in [0.1, 0.15) is 44.9 Å². The van der Waals surface area contributed by atoms with E-state index in [1.807, 2.05) is 0 Å². The molecule has 242 valence electrons. The van der Waals surface area contributed by atoms with Crippen molar-refractivity contribution in [3.8, 4) is 52.6 Å². The van der Waals surface area contributed by atoms with E-state index in [1.54, 1.807) is 67.8 Å². The van der Waals surface area contributed by atoms with E-state index in [1.165, 1.54) is 16.7 Å². The van der Waals surface area contributed by atoms with Gasteiger partial charge in [0.15, 0.2) is 5.69 Å². The minimum atomic E-state index is -1.92. The Hall–Kier alpha value is -7.27. The molecule has 0 fully saturated rings. The molecule has 0 spiro atoms. The van der Waals surface area contributed by atoms with Gasteiger partial charge in [0.25, 0.3) is 17.3 Å². The fourth-order valence-electron chi connectivity index (χ4n) is 4.31. The van der Waals surface area contributed by atoms with Gasteiger partial charge in [-0.2, -0.15) is 0 Å². The van der Waals surface area contributed by atoms with Gasteiger partial charge in [0.2, 0.25) is 17.5 Å². The Kier molecular flexibility index (Phi) is 8.81. The van der Waals surface area contributed by atoms with Crippen LogP contribution in [0.3, 0.4) is 0 Å². The van der Waals surface area contributed by atoms with Gasteiger partial charge in [0, 0.05) is 48.1 Å². The number of aromatic carboxylic acids is 1. The lowest BCUT2D eigenvalue weighted by Gasteiger charge is -2.06. The molecule has 6 rings (SSSR count). The van der Waals surface area contributed by atoms with E-state index in [2.05, 4.69) is 54.4 Å². The summed E-state index contributed by atoms with van der Waals surface area (Å²) in [5, 5.41) is 46.1. The molecule has 16 heteroatoms. The van der Waals surface area contributed by atoms with Crippen LogP contribution < -0.4 is 20.6 Å². The van der Waals surface area contributed by atoms with Gasteiger partial charge in [0.1, 0.15) is 11.5 Å². The van der Waals surface area contributed by atoms with Gasteiger partial charge in [-0.15, -0.1) is 0 Å². The molecule has 0 unspecified atom stereocenters. The lowest BCUT2D eigenvalue weighted by molar-refractivity contribution is -0.0470. The highest BCUT2D eigenvalue weighted by Gasteiger charge is 2.23. The smallest absolute Gasteiger partial charge is 0.360 e. The summed E-state index contributed by atoms with van der Waals surface area (Å²) >= 11 is 0. The van der Waals surface area contributed by atoms with E-state index in [4.69, 9.17) is 9.47 Å². The summed E-state index contributed by atoms with van der Waals surface area (Å²) in [6, 6.07) is 18.7. The zero-order chi connectivity index (χ0) is 34.5. The van der Waals surface area contributed by atoms with E-state index in [9.17, 15) is 29.7 Å². The number of nitrogens with one attached hydrogen (secondary N) is 2. The molecule has 6 aromatic rings. The summed E-state index contributed by atoms with van der Waals surface area (Å²) in [7, 11) is 1.64. The van der Waals surface area contributed by atoms with E-state index in [0.717, 1.165) is 10.7 Å². The number of hydrogen-bond donors (Lipinski definition) is 5. The Labute approximate surface area is 274 Å². The Bertz CT molecular complexity index is 2440. The summed E-state index contributed by atoms with van der Waals surface area (Å²) in [4.78, 5) is 38.6. The predicted octanol–water partition coefficient (Wildman–Crippen LogP) is 1.84. The Morgan fingerprint density at radius 1 is 0.837 bits per heavy atom. The predicted molar refractivity (Wildman–Crippen MR) is 169 cm³/mol. The number of nitrogens with zero attached hydrogens (tertiary/aromatic N) is 6. The lowest BCUT2D eigenvalue weighted by atomic mass is 10.2. The van der Waals surface area contributed by atoms with E-state index >= 15 is 0 Å². The van der Waals surface area contributed by atoms with Crippen molar-refractivity contribution in [2.75, 3.05) is 0 Å². The number of hydrogen-bond acceptors (Lipinski definition) is 11. The molecule has 0 atom stereocenters. The van der Waals surface area contributed by atoms with Crippen LogP contribution in [-0.2, 0) is 7.05 Å². The molecule has 0 aliphatic heterocycles. The first-order valence-electron chi connectivity index (χ1n) is 14.1. The summed E-state index contributed by atoms with van der Waals surface area (Å²) < 4.78 is 13.8. The van der Waals surface area contributed by atoms with Crippen molar-refractivity contribution < 1.29 is 29.6 Å². The third-order valence-corrected chi connectivity index (χ3v) is 6.61. The molecule has 16 nitrogen and oxygen atoms in total. The van der Waals surface area contributed by atoms with Crippen LogP contribution in [0.5, 0.6) is 23.3 Å². The minimum Gasteiger partial charge on any atom is -0.476 e. The molecule has 0 saturated carbocycles. The highest BCUT2D eigenvalue weighted by molar-refractivity contribution is 5.89. The van der Waals surface area contributed by atoms with Crippen LogP contribution in [0.15, 0.2) is 88.6 Å². The van der Waals surface area contributed by atoms with Crippen molar-refractivity contribution >= 4 is 5.97 Å². The number of carboxylic acid groups (broad SMARTS) is 1. The average Bonchev–Trinajstić information content (AvgIpc) is 3.72. The lowest BCUT2D eigenvalue weighted by Crippen LogP contribution is -2.14. The molecule has 2 aromatic carbocycles. The van der Waals surface area contributed by atoms with Crippen molar-refractivity contribution in [2.24, 2.45) is 7.05 Å². The fraction of sp³-hybridized carbons (Fsp3) is 0.0606. The molecule has 0 radical (unpaired) electrons. The van der Waals surface area contributed by atoms with Crippen molar-refractivity contribution in [2.45, 2.75) is 6.29 Å². The van der Waals surface area contributed by atoms with Crippen LogP contribution in [0.25, 0.3) is 5.69 Å². The number of aliphatic hydroxyl groups excluding tert-OH is 1. The standard InChI is InChI=1S/C33H22N8O8/c1-40-18-21(10-14-27(40)43)6-5-19-8-12-24(13-9-19)48-31-29(33(46)47)41(39-37-31)23-4-2-3-20(15-23)7-11-22-16-25(17-26(42)34-22)49-30-28(32(44)45)35-38-36-30/h2-4,8-10,12-18,32,44-45H,1H3,(H,34,42)(H,46,47)(H,35,36,38). The van der Waals surface area contributed by atoms with Gasteiger partial charge in [-0.3, -0.25) is 14.7 Å². The Balaban J connectivity index is 1.20. The molecule has 0 bridgehead atoms. The topological polar surface area (TPSA) is 223 Å². The highest BCUT2D eigenvalue weighted by atomic mass is 16.5. The summed E-state index contributed by atoms with van der Waals surface area (Å²) in [6.45, 7) is 0. The maximum atomic E-state index is 12.3. The number of aromatic amines is 2. The van der Waals surface area contributed by atoms with Crippen molar-refractivity contribution in [1.82, 2.24) is 40.0 Å². The fourth-order valence-corrected chi connectivity index (χ4v) is 4.31. The second-order valence-electron chi connectivity index (χ2n) is 10.1. The molecule has 5 N–H and O–H groups in total. The maximum Gasteiger partial charge on any atom is 0.360 e. The van der Waals surface area contributed by atoms with Crippen LogP contribution in [-0.4, -0.2) is 61.2 Å². The third-order valence-electron chi connectivity index (χ3n) is 6.61. The number of carbonyl (C=O) groups is 1. The number of aryl methyl sites for hydroxylation is 1. The van der Waals surface area contributed by atoms with Crippen LogP contribution in [0.2, 0.25) is 0 Å². The summed E-state index contributed by atoms with van der Waals surface area (Å²) in [5.41, 5.74) is 1.03. The minimum absolute atomic E-state index is 0.0164. The molecular formula is C33H22N8O8. The number of rotatable bonds is 7. The SMILES string of the molecule is Cn1cc(C#Cc2ccc(Oc3nnn(-c4cccc(C#Cc5cc(Oc6nn[nH]c6C(O)O)cc(=O)[nH]5)c4)c3C(=O)O)cc2)ccc1=O. The Morgan fingerprint density at radius 3 is 2.33 bits per heavy atom. The Morgan fingerprint density at radius 2 is 1.57 bits per heavy atom. The van der Waals surface area contributed by atoms with Crippen LogP contribution in [0.4, 0.5) is 0 Å². The van der Waals surface area contributed by atoms with Gasteiger partial charge < -0.3 is 34.3 Å². The zero-order valence-corrected chi connectivity index (χ0v) is 25.1. The first kappa shape index (κ1) is 31.7. The number of aromatic nitrogens is 8. The number of pyridine rings is 2. The summed E-state index contributed by atoms with van der Waals surface area (Å²) in [5.74, 6) is 10.2. The number of ether oxygens (including phenoxy) is 2. The number of benzene rings is 2. The second-order valence-corrected chi connectivity index (χ2v) is 10.1. The molecule has 4 heterocycles. The van der Waals surface area contributed by atoms with Gasteiger partial charge in [-0.1, -0.05) is 44.5 Å². The zero-order valence-electron chi connectivity index (χ0n) is 25.1. The number of aliphatic hydroxyl groups is 2. The van der Waals surface area contributed by atoms with Crippen molar-refractivity contribution in [3.63, 3.8) is 0 Å². The van der Waals surface area contributed by atoms with E-state index in [0.29, 0.717) is 28.1 Å². The highest BCUT2D eigenvalue weighted by Crippen LogP contribution is 2.26. The largest absolute Gasteiger partial charge is 0.476 e.